The molecule has 1 amide bonds. The molecule has 1 aliphatic rings. The second-order valence-electron chi connectivity index (χ2n) is 5.57. The molecule has 1 aliphatic carbocycles. The van der Waals surface area contributed by atoms with Crippen LogP contribution >= 0.6 is 0 Å². The summed E-state index contributed by atoms with van der Waals surface area (Å²) in [6.45, 7) is -2.64. The highest BCUT2D eigenvalue weighted by Gasteiger charge is 2.23. The van der Waals surface area contributed by atoms with E-state index in [1.807, 2.05) is 0 Å². The summed E-state index contributed by atoms with van der Waals surface area (Å²) in [6.07, 6.45) is 3.24. The quantitative estimate of drug-likeness (QED) is 0.842. The van der Waals surface area contributed by atoms with Crippen LogP contribution in [0.3, 0.4) is 0 Å². The van der Waals surface area contributed by atoms with Gasteiger partial charge in [0.25, 0.3) is 5.91 Å². The molecule has 0 bridgehead atoms. The molecule has 1 saturated carbocycles. The van der Waals surface area contributed by atoms with E-state index in [-0.39, 0.29) is 23.0 Å². The SMILES string of the molecule is COc1ccc(C(=O)NC[C@@H]2CCCC[C@@H]2O)cc1OC(F)F. The van der Waals surface area contributed by atoms with Crippen LogP contribution in [0.15, 0.2) is 18.2 Å². The Morgan fingerprint density at radius 1 is 1.35 bits per heavy atom. The number of aliphatic hydroxyl groups is 1. The summed E-state index contributed by atoms with van der Waals surface area (Å²) in [4.78, 5) is 12.2. The zero-order valence-electron chi connectivity index (χ0n) is 12.9. The molecule has 1 aromatic rings. The van der Waals surface area contributed by atoms with Crippen molar-refractivity contribution >= 4 is 5.91 Å². The van der Waals surface area contributed by atoms with E-state index in [9.17, 15) is 18.7 Å². The Labute approximate surface area is 133 Å². The van der Waals surface area contributed by atoms with Crippen molar-refractivity contribution in [2.45, 2.75) is 38.4 Å². The number of halogens is 2. The Morgan fingerprint density at radius 3 is 2.74 bits per heavy atom. The third-order valence-corrected chi connectivity index (χ3v) is 4.04. The number of hydrogen-bond donors (Lipinski definition) is 2. The molecule has 2 N–H and O–H groups in total. The molecule has 0 spiro atoms. The van der Waals surface area contributed by atoms with Gasteiger partial charge in [0.2, 0.25) is 0 Å². The van der Waals surface area contributed by atoms with Crippen LogP contribution in [-0.2, 0) is 0 Å². The third kappa shape index (κ3) is 4.79. The molecule has 0 aliphatic heterocycles. The van der Waals surface area contributed by atoms with E-state index < -0.39 is 18.6 Å². The first-order valence-corrected chi connectivity index (χ1v) is 7.60. The van der Waals surface area contributed by atoms with E-state index in [2.05, 4.69) is 10.1 Å². The van der Waals surface area contributed by atoms with Gasteiger partial charge in [-0.15, -0.1) is 0 Å². The first kappa shape index (κ1) is 17.5. The first-order chi connectivity index (χ1) is 11.0. The zero-order chi connectivity index (χ0) is 16.8. The van der Waals surface area contributed by atoms with Crippen molar-refractivity contribution in [2.75, 3.05) is 13.7 Å². The van der Waals surface area contributed by atoms with E-state index in [0.717, 1.165) is 25.7 Å². The van der Waals surface area contributed by atoms with Crippen LogP contribution in [-0.4, -0.2) is 37.4 Å². The molecule has 0 aromatic heterocycles. The number of ether oxygens (including phenoxy) is 2. The second kappa shape index (κ2) is 8.10. The van der Waals surface area contributed by atoms with Gasteiger partial charge in [0.15, 0.2) is 11.5 Å². The van der Waals surface area contributed by atoms with E-state index in [0.29, 0.717) is 6.54 Å². The number of nitrogens with one attached hydrogen (secondary N) is 1. The van der Waals surface area contributed by atoms with E-state index in [4.69, 9.17) is 4.74 Å². The summed E-state index contributed by atoms with van der Waals surface area (Å²) >= 11 is 0. The number of aliphatic hydroxyl groups excluding tert-OH is 1. The third-order valence-electron chi connectivity index (χ3n) is 4.04. The number of hydrogen-bond acceptors (Lipinski definition) is 4. The van der Waals surface area contributed by atoms with Gasteiger partial charge in [0, 0.05) is 18.0 Å². The van der Waals surface area contributed by atoms with Gasteiger partial charge < -0.3 is 19.9 Å². The highest BCUT2D eigenvalue weighted by atomic mass is 19.3. The Balaban J connectivity index is 2.01. The summed E-state index contributed by atoms with van der Waals surface area (Å²) in [5.74, 6) is -0.426. The number of alkyl halides is 2. The predicted molar refractivity (Wildman–Crippen MR) is 79.9 cm³/mol. The lowest BCUT2D eigenvalue weighted by atomic mass is 9.86. The largest absolute Gasteiger partial charge is 0.493 e. The molecular formula is C16H21F2NO4. The minimum Gasteiger partial charge on any atom is -0.493 e. The normalized spacial score (nSPS) is 21.1. The summed E-state index contributed by atoms with van der Waals surface area (Å²) < 4.78 is 34.1. The average Bonchev–Trinajstić information content (AvgIpc) is 2.53. The summed E-state index contributed by atoms with van der Waals surface area (Å²) in [6, 6.07) is 4.10. The van der Waals surface area contributed by atoms with E-state index >= 15 is 0 Å². The fourth-order valence-electron chi connectivity index (χ4n) is 2.76. The molecular weight excluding hydrogens is 308 g/mol. The van der Waals surface area contributed by atoms with Gasteiger partial charge >= 0.3 is 6.61 Å². The topological polar surface area (TPSA) is 67.8 Å². The van der Waals surface area contributed by atoms with Crippen molar-refractivity contribution in [1.29, 1.82) is 0 Å². The van der Waals surface area contributed by atoms with Crippen LogP contribution in [0.2, 0.25) is 0 Å². The molecule has 0 unspecified atom stereocenters. The Bertz CT molecular complexity index is 539. The lowest BCUT2D eigenvalue weighted by molar-refractivity contribution is -0.0512. The molecule has 0 saturated heterocycles. The molecule has 23 heavy (non-hydrogen) atoms. The Kier molecular flexibility index (Phi) is 6.15. The standard InChI is InChI=1S/C16H21F2NO4/c1-22-13-7-6-10(8-14(13)23-16(17)18)15(21)19-9-11-4-2-3-5-12(11)20/h6-8,11-12,16,20H,2-5,9H2,1H3,(H,19,21)/t11-,12-/m0/s1. The molecule has 0 heterocycles. The van der Waals surface area contributed by atoms with Crippen LogP contribution in [0.4, 0.5) is 8.78 Å². The summed E-state index contributed by atoms with van der Waals surface area (Å²) in [5, 5.41) is 12.6. The smallest absolute Gasteiger partial charge is 0.387 e. The lowest BCUT2D eigenvalue weighted by Gasteiger charge is -2.27. The monoisotopic (exact) mass is 329 g/mol. The predicted octanol–water partition coefficient (Wildman–Crippen LogP) is 2.58. The Morgan fingerprint density at radius 2 is 2.09 bits per heavy atom. The lowest BCUT2D eigenvalue weighted by Crippen LogP contribution is -2.36. The molecule has 1 fully saturated rings. The maximum absolute atomic E-state index is 12.4. The van der Waals surface area contributed by atoms with Gasteiger partial charge in [-0.05, 0) is 31.0 Å². The molecule has 5 nitrogen and oxygen atoms in total. The van der Waals surface area contributed by atoms with Gasteiger partial charge in [-0.3, -0.25) is 4.79 Å². The molecule has 7 heteroatoms. The fraction of sp³-hybridized carbons (Fsp3) is 0.562. The summed E-state index contributed by atoms with van der Waals surface area (Å²) in [5.41, 5.74) is 0.201. The zero-order valence-corrected chi connectivity index (χ0v) is 12.9. The Hall–Kier alpha value is -1.89. The van der Waals surface area contributed by atoms with Crippen molar-refractivity contribution < 1.29 is 28.2 Å². The van der Waals surface area contributed by atoms with E-state index in [1.54, 1.807) is 0 Å². The number of carbonyl (C=O) groups is 1. The van der Waals surface area contributed by atoms with Crippen LogP contribution in [0.25, 0.3) is 0 Å². The molecule has 128 valence electrons. The molecule has 2 rings (SSSR count). The maximum Gasteiger partial charge on any atom is 0.387 e. The molecule has 1 aromatic carbocycles. The van der Waals surface area contributed by atoms with Gasteiger partial charge in [-0.2, -0.15) is 8.78 Å². The number of rotatable bonds is 6. The molecule has 0 radical (unpaired) electrons. The minimum absolute atomic E-state index is 0.0303. The number of benzene rings is 1. The fourth-order valence-corrected chi connectivity index (χ4v) is 2.76. The van der Waals surface area contributed by atoms with Gasteiger partial charge in [0.05, 0.1) is 13.2 Å². The van der Waals surface area contributed by atoms with Crippen LogP contribution in [0.5, 0.6) is 11.5 Å². The van der Waals surface area contributed by atoms with Gasteiger partial charge in [-0.25, -0.2) is 0 Å². The average molecular weight is 329 g/mol. The van der Waals surface area contributed by atoms with Crippen molar-refractivity contribution in [2.24, 2.45) is 5.92 Å². The summed E-state index contributed by atoms with van der Waals surface area (Å²) in [7, 11) is 1.33. The van der Waals surface area contributed by atoms with Crippen molar-refractivity contribution in [3.63, 3.8) is 0 Å². The van der Waals surface area contributed by atoms with Gasteiger partial charge in [-0.1, -0.05) is 12.8 Å². The minimum atomic E-state index is -3.00. The van der Waals surface area contributed by atoms with Crippen molar-refractivity contribution in [3.8, 4) is 11.5 Å². The van der Waals surface area contributed by atoms with Crippen LogP contribution in [0, 0.1) is 5.92 Å². The molecule has 2 atom stereocenters. The highest BCUT2D eigenvalue weighted by molar-refractivity contribution is 5.94. The van der Waals surface area contributed by atoms with Crippen LogP contribution < -0.4 is 14.8 Å². The second-order valence-corrected chi connectivity index (χ2v) is 5.57. The van der Waals surface area contributed by atoms with Crippen molar-refractivity contribution in [1.82, 2.24) is 5.32 Å². The number of methoxy groups -OCH3 is 1. The van der Waals surface area contributed by atoms with Gasteiger partial charge in [0.1, 0.15) is 0 Å². The van der Waals surface area contributed by atoms with E-state index in [1.165, 1.54) is 25.3 Å². The highest BCUT2D eigenvalue weighted by Crippen LogP contribution is 2.29. The first-order valence-electron chi connectivity index (χ1n) is 7.60. The van der Waals surface area contributed by atoms with Crippen molar-refractivity contribution in [3.05, 3.63) is 23.8 Å². The van der Waals surface area contributed by atoms with Crippen LogP contribution in [0.1, 0.15) is 36.0 Å². The number of carbonyl (C=O) groups excluding carboxylic acids is 1. The maximum atomic E-state index is 12.4. The number of amides is 1.